The molecule has 0 aliphatic carbocycles. The largest absolute Gasteiger partial charge is 0.398 e. The summed E-state index contributed by atoms with van der Waals surface area (Å²) in [6.45, 7) is 0.699. The number of pyridine rings is 1. The Labute approximate surface area is 94.3 Å². The molecule has 4 heteroatoms. The number of aromatic nitrogens is 1. The third kappa shape index (κ3) is 1.79. The Morgan fingerprint density at radius 3 is 2.94 bits per heavy atom. The zero-order chi connectivity index (χ0) is 11.5. The van der Waals surface area contributed by atoms with Crippen molar-refractivity contribution >= 4 is 22.3 Å². The fourth-order valence-corrected chi connectivity index (χ4v) is 1.76. The van der Waals surface area contributed by atoms with Crippen LogP contribution in [0.25, 0.3) is 10.9 Å². The number of benzene rings is 1. The van der Waals surface area contributed by atoms with Crippen LogP contribution in [0.1, 0.15) is 0 Å². The van der Waals surface area contributed by atoms with Gasteiger partial charge in [-0.2, -0.15) is 0 Å². The summed E-state index contributed by atoms with van der Waals surface area (Å²) in [6, 6.07) is 7.62. The van der Waals surface area contributed by atoms with E-state index in [1.54, 1.807) is 6.20 Å². The quantitative estimate of drug-likeness (QED) is 0.759. The summed E-state index contributed by atoms with van der Waals surface area (Å²) in [5, 5.41) is 9.89. The smallest absolute Gasteiger partial charge is 0.0955 e. The van der Waals surface area contributed by atoms with Crippen LogP contribution < -0.4 is 10.6 Å². The molecule has 0 unspecified atom stereocenters. The van der Waals surface area contributed by atoms with Gasteiger partial charge in [-0.1, -0.05) is 0 Å². The predicted molar refractivity (Wildman–Crippen MR) is 66.5 cm³/mol. The number of nitrogen functional groups attached to an aromatic ring is 1. The number of nitrogens with zero attached hydrogens (tertiary/aromatic N) is 2. The Morgan fingerprint density at radius 1 is 1.38 bits per heavy atom. The van der Waals surface area contributed by atoms with Gasteiger partial charge < -0.3 is 15.7 Å². The maximum atomic E-state index is 8.94. The second-order valence-corrected chi connectivity index (χ2v) is 3.72. The molecule has 0 aliphatic rings. The number of hydrogen-bond donors (Lipinski definition) is 2. The summed E-state index contributed by atoms with van der Waals surface area (Å²) < 4.78 is 0. The molecule has 84 valence electrons. The molecule has 16 heavy (non-hydrogen) atoms. The molecule has 0 amide bonds. The molecule has 4 nitrogen and oxygen atoms in total. The van der Waals surface area contributed by atoms with Crippen LogP contribution in [0.15, 0.2) is 30.5 Å². The van der Waals surface area contributed by atoms with E-state index in [1.807, 2.05) is 36.2 Å². The Balaban J connectivity index is 2.58. The fraction of sp³-hybridized carbons (Fsp3) is 0.250. The van der Waals surface area contributed by atoms with Crippen molar-refractivity contribution < 1.29 is 5.11 Å². The van der Waals surface area contributed by atoms with Gasteiger partial charge in [0.05, 0.1) is 17.8 Å². The van der Waals surface area contributed by atoms with Gasteiger partial charge in [0.2, 0.25) is 0 Å². The second kappa shape index (κ2) is 4.37. The van der Waals surface area contributed by atoms with Crippen molar-refractivity contribution in [1.82, 2.24) is 4.98 Å². The predicted octanol–water partition coefficient (Wildman–Crippen LogP) is 1.25. The molecule has 2 rings (SSSR count). The summed E-state index contributed by atoms with van der Waals surface area (Å²) in [7, 11) is 1.93. The van der Waals surface area contributed by atoms with Gasteiger partial charge in [0.15, 0.2) is 0 Å². The minimum atomic E-state index is 0.120. The van der Waals surface area contributed by atoms with Crippen LogP contribution in [0, 0.1) is 0 Å². The maximum Gasteiger partial charge on any atom is 0.0955 e. The standard InChI is InChI=1S/C12H15N3O/c1-15(7-8-16)11-5-4-10(13)9-3-2-6-14-12(9)11/h2-6,16H,7-8,13H2,1H3. The van der Waals surface area contributed by atoms with Gasteiger partial charge in [-0.25, -0.2) is 0 Å². The van der Waals surface area contributed by atoms with Crippen molar-refractivity contribution in [3.8, 4) is 0 Å². The molecule has 0 fully saturated rings. The van der Waals surface area contributed by atoms with Gasteiger partial charge in [-0.3, -0.25) is 4.98 Å². The molecule has 2 aromatic rings. The van der Waals surface area contributed by atoms with Gasteiger partial charge >= 0.3 is 0 Å². The molecule has 0 saturated heterocycles. The SMILES string of the molecule is CN(CCO)c1ccc(N)c2cccnc12. The van der Waals surface area contributed by atoms with Gasteiger partial charge in [-0.05, 0) is 24.3 Å². The van der Waals surface area contributed by atoms with Crippen LogP contribution in [0.4, 0.5) is 11.4 Å². The molecule has 0 radical (unpaired) electrons. The number of fused-ring (bicyclic) bond motifs is 1. The normalized spacial score (nSPS) is 10.6. The number of aliphatic hydroxyl groups excluding tert-OH is 1. The first kappa shape index (κ1) is 10.7. The molecule has 0 bridgehead atoms. The van der Waals surface area contributed by atoms with Crippen LogP contribution in [-0.2, 0) is 0 Å². The van der Waals surface area contributed by atoms with Gasteiger partial charge in [-0.15, -0.1) is 0 Å². The lowest BCUT2D eigenvalue weighted by Crippen LogP contribution is -2.21. The first-order valence-corrected chi connectivity index (χ1v) is 5.19. The Morgan fingerprint density at radius 2 is 2.19 bits per heavy atom. The molecule has 0 atom stereocenters. The van der Waals surface area contributed by atoms with Crippen molar-refractivity contribution in [1.29, 1.82) is 0 Å². The number of rotatable bonds is 3. The number of anilines is 2. The van der Waals surface area contributed by atoms with Crippen molar-refractivity contribution in [3.05, 3.63) is 30.5 Å². The first-order chi connectivity index (χ1) is 7.74. The van der Waals surface area contributed by atoms with Crippen LogP contribution in [0.2, 0.25) is 0 Å². The van der Waals surface area contributed by atoms with E-state index in [4.69, 9.17) is 10.8 Å². The molecule has 1 aromatic heterocycles. The highest BCUT2D eigenvalue weighted by Crippen LogP contribution is 2.28. The topological polar surface area (TPSA) is 62.4 Å². The highest BCUT2D eigenvalue weighted by Gasteiger charge is 2.08. The number of hydrogen-bond acceptors (Lipinski definition) is 4. The van der Waals surface area contributed by atoms with Gasteiger partial charge in [0, 0.05) is 30.9 Å². The zero-order valence-electron chi connectivity index (χ0n) is 9.22. The maximum absolute atomic E-state index is 8.94. The minimum absolute atomic E-state index is 0.120. The molecule has 0 aliphatic heterocycles. The first-order valence-electron chi connectivity index (χ1n) is 5.19. The Bertz CT molecular complexity index is 499. The fourth-order valence-electron chi connectivity index (χ4n) is 1.76. The Hall–Kier alpha value is -1.81. The van der Waals surface area contributed by atoms with Crippen LogP contribution in [-0.4, -0.2) is 30.3 Å². The van der Waals surface area contributed by atoms with Gasteiger partial charge in [0.25, 0.3) is 0 Å². The van der Waals surface area contributed by atoms with Crippen molar-refractivity contribution in [2.24, 2.45) is 0 Å². The van der Waals surface area contributed by atoms with Crippen LogP contribution in [0.3, 0.4) is 0 Å². The average Bonchev–Trinajstić information content (AvgIpc) is 2.30. The molecule has 0 spiro atoms. The van der Waals surface area contributed by atoms with Crippen LogP contribution in [0.5, 0.6) is 0 Å². The Kier molecular flexibility index (Phi) is 2.92. The van der Waals surface area contributed by atoms with E-state index in [0.29, 0.717) is 6.54 Å². The molecule has 0 saturated carbocycles. The number of nitrogens with two attached hydrogens (primary N) is 1. The molecular weight excluding hydrogens is 202 g/mol. The van der Waals surface area contributed by atoms with E-state index >= 15 is 0 Å². The van der Waals surface area contributed by atoms with Gasteiger partial charge in [0.1, 0.15) is 0 Å². The van der Waals surface area contributed by atoms with Crippen molar-refractivity contribution in [2.75, 3.05) is 30.8 Å². The van der Waals surface area contributed by atoms with E-state index in [9.17, 15) is 0 Å². The molecule has 1 heterocycles. The summed E-state index contributed by atoms with van der Waals surface area (Å²) in [4.78, 5) is 6.31. The summed E-state index contributed by atoms with van der Waals surface area (Å²) >= 11 is 0. The molecular formula is C12H15N3O. The van der Waals surface area contributed by atoms with E-state index in [-0.39, 0.29) is 6.61 Å². The monoisotopic (exact) mass is 217 g/mol. The average molecular weight is 217 g/mol. The zero-order valence-corrected chi connectivity index (χ0v) is 9.22. The summed E-state index contributed by atoms with van der Waals surface area (Å²) in [5.74, 6) is 0. The van der Waals surface area contributed by atoms with Crippen molar-refractivity contribution in [2.45, 2.75) is 0 Å². The van der Waals surface area contributed by atoms with Crippen molar-refractivity contribution in [3.63, 3.8) is 0 Å². The van der Waals surface area contributed by atoms with E-state index in [1.165, 1.54) is 0 Å². The third-order valence-corrected chi connectivity index (χ3v) is 2.63. The lowest BCUT2D eigenvalue weighted by Gasteiger charge is -2.19. The van der Waals surface area contributed by atoms with E-state index in [2.05, 4.69) is 4.98 Å². The summed E-state index contributed by atoms with van der Waals surface area (Å²) in [6.07, 6.45) is 1.75. The number of likely N-dealkylation sites (N-methyl/N-ethyl adjacent to an activating group) is 1. The highest BCUT2D eigenvalue weighted by atomic mass is 16.3. The molecule has 3 N–H and O–H groups in total. The lowest BCUT2D eigenvalue weighted by atomic mass is 10.1. The highest BCUT2D eigenvalue weighted by molar-refractivity contribution is 5.98. The lowest BCUT2D eigenvalue weighted by molar-refractivity contribution is 0.304. The van der Waals surface area contributed by atoms with Crippen LogP contribution >= 0.6 is 0 Å². The van der Waals surface area contributed by atoms with E-state index in [0.717, 1.165) is 22.3 Å². The minimum Gasteiger partial charge on any atom is -0.398 e. The second-order valence-electron chi connectivity index (χ2n) is 3.72. The number of aliphatic hydroxyl groups is 1. The third-order valence-electron chi connectivity index (χ3n) is 2.63. The summed E-state index contributed by atoms with van der Waals surface area (Å²) in [5.41, 5.74) is 8.48. The van der Waals surface area contributed by atoms with E-state index < -0.39 is 0 Å². The molecule has 1 aromatic carbocycles.